The van der Waals surface area contributed by atoms with Gasteiger partial charge in [-0.05, 0) is 93.2 Å². The Morgan fingerprint density at radius 1 is 0.944 bits per heavy atom. The molecule has 5 nitrogen and oxygen atoms in total. The number of amides is 2. The molecule has 2 aromatic rings. The molecule has 0 spiro atoms. The third-order valence-corrected chi connectivity index (χ3v) is 9.70. The van der Waals surface area contributed by atoms with Crippen molar-refractivity contribution in [2.24, 2.45) is 23.2 Å². The minimum absolute atomic E-state index is 0.0275. The number of nitrogens with one attached hydrogen (secondary N) is 1. The van der Waals surface area contributed by atoms with E-state index in [0.717, 1.165) is 32.1 Å². The number of aryl methyl sites for hydroxylation is 1. The summed E-state index contributed by atoms with van der Waals surface area (Å²) in [7, 11) is 1.61. The van der Waals surface area contributed by atoms with Crippen molar-refractivity contribution in [2.75, 3.05) is 25.5 Å². The average molecular weight is 487 g/mol. The Bertz CT molecular complexity index is 1130. The number of nitrogens with zero attached hydrogens (tertiary/aromatic N) is 1. The number of hydrogen-bond donors (Lipinski definition) is 1. The van der Waals surface area contributed by atoms with Crippen LogP contribution in [0, 0.1) is 30.1 Å². The molecule has 36 heavy (non-hydrogen) atoms. The maximum Gasteiger partial charge on any atom is 0.228 e. The highest BCUT2D eigenvalue weighted by molar-refractivity contribution is 5.94. The molecule has 2 unspecified atom stereocenters. The van der Waals surface area contributed by atoms with E-state index in [4.69, 9.17) is 4.74 Å². The number of ether oxygens (including phenoxy) is 1. The highest BCUT2D eigenvalue weighted by atomic mass is 16.5. The number of hydrogen-bond acceptors (Lipinski definition) is 3. The van der Waals surface area contributed by atoms with Gasteiger partial charge in [0.05, 0.1) is 18.2 Å². The lowest BCUT2D eigenvalue weighted by atomic mass is 9.42. The first kappa shape index (κ1) is 23.6. The standard InChI is InChI=1S/C31H38N2O3/c1-21-7-9-25(10-8-21)30-16-22-15-23(17-30)19-31(18-22,20-30)29(35)33-13-11-24(12-14-33)28(34)32-26-5-3-4-6-27(26)36-2/h3-10,22-24H,11-20H2,1-2H3,(H,32,34). The Morgan fingerprint density at radius 3 is 2.28 bits per heavy atom. The molecule has 5 aliphatic rings. The fraction of sp³-hybridized carbons (Fsp3) is 0.548. The molecule has 2 amide bonds. The van der Waals surface area contributed by atoms with Gasteiger partial charge in [0.1, 0.15) is 5.75 Å². The second-order valence-electron chi connectivity index (χ2n) is 12.1. The second-order valence-corrected chi connectivity index (χ2v) is 12.1. The molecule has 4 aliphatic carbocycles. The van der Waals surface area contributed by atoms with Gasteiger partial charge >= 0.3 is 0 Å². The van der Waals surface area contributed by atoms with Crippen LogP contribution < -0.4 is 10.1 Å². The number of piperidine rings is 1. The number of anilines is 1. The molecule has 1 aliphatic heterocycles. The minimum Gasteiger partial charge on any atom is -0.495 e. The Kier molecular flexibility index (Phi) is 5.85. The first-order chi connectivity index (χ1) is 17.4. The Labute approximate surface area is 214 Å². The summed E-state index contributed by atoms with van der Waals surface area (Å²) in [6.45, 7) is 3.50. The van der Waals surface area contributed by atoms with Crippen LogP contribution >= 0.6 is 0 Å². The number of benzene rings is 2. The molecular weight excluding hydrogens is 448 g/mol. The fourth-order valence-corrected chi connectivity index (χ4v) is 8.42. The van der Waals surface area contributed by atoms with Gasteiger partial charge in [-0.3, -0.25) is 9.59 Å². The normalized spacial score (nSPS) is 31.3. The number of methoxy groups -OCH3 is 1. The summed E-state index contributed by atoms with van der Waals surface area (Å²) in [4.78, 5) is 29.2. The van der Waals surface area contributed by atoms with E-state index in [1.54, 1.807) is 7.11 Å². The van der Waals surface area contributed by atoms with Crippen molar-refractivity contribution < 1.29 is 14.3 Å². The molecule has 0 radical (unpaired) electrons. The SMILES string of the molecule is COc1ccccc1NC(=O)C1CCN(C(=O)C23CC4CC(C2)CC(c2ccc(C)cc2)(C4)C3)CC1. The van der Waals surface area contributed by atoms with E-state index in [1.165, 1.54) is 30.4 Å². The summed E-state index contributed by atoms with van der Waals surface area (Å²) in [6.07, 6.45) is 8.35. The predicted octanol–water partition coefficient (Wildman–Crippen LogP) is 5.72. The van der Waals surface area contributed by atoms with Crippen LogP contribution in [-0.4, -0.2) is 36.9 Å². The molecule has 4 saturated carbocycles. The molecule has 2 atom stereocenters. The second kappa shape index (κ2) is 8.93. The lowest BCUT2D eigenvalue weighted by Gasteiger charge is -2.62. The topological polar surface area (TPSA) is 58.6 Å². The van der Waals surface area contributed by atoms with E-state index in [9.17, 15) is 9.59 Å². The largest absolute Gasteiger partial charge is 0.495 e. The van der Waals surface area contributed by atoms with E-state index in [1.807, 2.05) is 24.3 Å². The summed E-state index contributed by atoms with van der Waals surface area (Å²) >= 11 is 0. The molecule has 5 fully saturated rings. The van der Waals surface area contributed by atoms with Crippen LogP contribution in [0.15, 0.2) is 48.5 Å². The smallest absolute Gasteiger partial charge is 0.228 e. The van der Waals surface area contributed by atoms with E-state index in [2.05, 4.69) is 41.4 Å². The molecule has 190 valence electrons. The van der Waals surface area contributed by atoms with Gasteiger partial charge in [0.15, 0.2) is 0 Å². The maximum absolute atomic E-state index is 14.1. The third kappa shape index (κ3) is 4.01. The number of para-hydroxylation sites is 2. The first-order valence-electron chi connectivity index (χ1n) is 13.7. The van der Waals surface area contributed by atoms with Gasteiger partial charge in [0, 0.05) is 19.0 Å². The maximum atomic E-state index is 14.1. The van der Waals surface area contributed by atoms with Gasteiger partial charge in [-0.2, -0.15) is 0 Å². The minimum atomic E-state index is -0.207. The van der Waals surface area contributed by atoms with Crippen molar-refractivity contribution in [3.8, 4) is 5.75 Å². The summed E-state index contributed by atoms with van der Waals surface area (Å²) < 4.78 is 5.38. The van der Waals surface area contributed by atoms with Crippen LogP contribution in [0.5, 0.6) is 5.75 Å². The van der Waals surface area contributed by atoms with E-state index in [-0.39, 0.29) is 22.7 Å². The molecule has 4 bridgehead atoms. The molecular formula is C31H38N2O3. The van der Waals surface area contributed by atoms with Gasteiger partial charge in [-0.15, -0.1) is 0 Å². The number of carbonyl (C=O) groups is 2. The predicted molar refractivity (Wildman–Crippen MR) is 141 cm³/mol. The molecule has 2 aromatic carbocycles. The highest BCUT2D eigenvalue weighted by Crippen LogP contribution is 2.66. The summed E-state index contributed by atoms with van der Waals surface area (Å²) in [5, 5.41) is 3.04. The fourth-order valence-electron chi connectivity index (χ4n) is 8.42. The Hall–Kier alpha value is -2.82. The van der Waals surface area contributed by atoms with Gasteiger partial charge in [-0.25, -0.2) is 0 Å². The zero-order chi connectivity index (χ0) is 24.9. The number of rotatable bonds is 5. The van der Waals surface area contributed by atoms with Gasteiger partial charge in [0.2, 0.25) is 11.8 Å². The van der Waals surface area contributed by atoms with Crippen LogP contribution in [0.4, 0.5) is 5.69 Å². The van der Waals surface area contributed by atoms with Crippen molar-refractivity contribution in [1.82, 2.24) is 4.90 Å². The number of likely N-dealkylation sites (tertiary alicyclic amines) is 1. The van der Waals surface area contributed by atoms with Crippen LogP contribution in [-0.2, 0) is 15.0 Å². The average Bonchev–Trinajstić information content (AvgIpc) is 2.88. The summed E-state index contributed by atoms with van der Waals surface area (Å²) in [6, 6.07) is 16.6. The first-order valence-corrected chi connectivity index (χ1v) is 13.7. The van der Waals surface area contributed by atoms with Gasteiger partial charge < -0.3 is 15.0 Å². The van der Waals surface area contributed by atoms with Gasteiger partial charge in [0.25, 0.3) is 0 Å². The van der Waals surface area contributed by atoms with Crippen LogP contribution in [0.3, 0.4) is 0 Å². The van der Waals surface area contributed by atoms with Crippen molar-refractivity contribution in [3.05, 3.63) is 59.7 Å². The Morgan fingerprint density at radius 2 is 1.61 bits per heavy atom. The monoisotopic (exact) mass is 486 g/mol. The van der Waals surface area contributed by atoms with Crippen molar-refractivity contribution in [3.63, 3.8) is 0 Å². The van der Waals surface area contributed by atoms with Crippen LogP contribution in [0.1, 0.15) is 62.5 Å². The lowest BCUT2D eigenvalue weighted by molar-refractivity contribution is -0.162. The molecule has 5 heteroatoms. The van der Waals surface area contributed by atoms with E-state index >= 15 is 0 Å². The zero-order valence-electron chi connectivity index (χ0n) is 21.6. The Balaban J connectivity index is 1.14. The molecule has 1 saturated heterocycles. The van der Waals surface area contributed by atoms with Crippen molar-refractivity contribution >= 4 is 17.5 Å². The van der Waals surface area contributed by atoms with Crippen molar-refractivity contribution in [1.29, 1.82) is 0 Å². The van der Waals surface area contributed by atoms with Crippen LogP contribution in [0.25, 0.3) is 0 Å². The number of carbonyl (C=O) groups excluding carboxylic acids is 2. The third-order valence-electron chi connectivity index (χ3n) is 9.70. The zero-order valence-corrected chi connectivity index (χ0v) is 21.6. The molecule has 0 aromatic heterocycles. The summed E-state index contributed by atoms with van der Waals surface area (Å²) in [5.41, 5.74) is 3.42. The molecule has 1 N–H and O–H groups in total. The highest BCUT2D eigenvalue weighted by Gasteiger charge is 2.61. The van der Waals surface area contributed by atoms with E-state index < -0.39 is 0 Å². The van der Waals surface area contributed by atoms with Crippen LogP contribution in [0.2, 0.25) is 0 Å². The molecule has 1 heterocycles. The van der Waals surface area contributed by atoms with Gasteiger partial charge in [-0.1, -0.05) is 42.0 Å². The lowest BCUT2D eigenvalue weighted by Crippen LogP contribution is -2.60. The summed E-state index contributed by atoms with van der Waals surface area (Å²) in [5.74, 6) is 2.33. The molecule has 7 rings (SSSR count). The van der Waals surface area contributed by atoms with E-state index in [0.29, 0.717) is 42.3 Å². The quantitative estimate of drug-likeness (QED) is 0.588. The van der Waals surface area contributed by atoms with Crippen molar-refractivity contribution in [2.45, 2.75) is 63.7 Å².